The van der Waals surface area contributed by atoms with Gasteiger partial charge in [0.05, 0.1) is 6.61 Å². The van der Waals surface area contributed by atoms with Gasteiger partial charge in [-0.15, -0.1) is 0 Å². The second-order valence-corrected chi connectivity index (χ2v) is 4.66. The van der Waals surface area contributed by atoms with Gasteiger partial charge in [0.2, 0.25) is 0 Å². The predicted molar refractivity (Wildman–Crippen MR) is 67.0 cm³/mol. The summed E-state index contributed by atoms with van der Waals surface area (Å²) in [6, 6.07) is 4.26. The molecule has 17 heavy (non-hydrogen) atoms. The molecule has 1 aromatic carbocycles. The molecule has 0 fully saturated rings. The van der Waals surface area contributed by atoms with Crippen LogP contribution in [0.3, 0.4) is 0 Å². The Morgan fingerprint density at radius 1 is 1.18 bits per heavy atom. The van der Waals surface area contributed by atoms with Crippen LogP contribution in [0.15, 0.2) is 18.2 Å². The van der Waals surface area contributed by atoms with E-state index in [4.69, 9.17) is 0 Å². The Labute approximate surface area is 102 Å². The lowest BCUT2D eigenvalue weighted by Crippen LogP contribution is -2.38. The number of phenols is 2. The third kappa shape index (κ3) is 3.61. The van der Waals surface area contributed by atoms with E-state index in [1.54, 1.807) is 0 Å². The van der Waals surface area contributed by atoms with Crippen molar-refractivity contribution in [3.05, 3.63) is 23.8 Å². The summed E-state index contributed by atoms with van der Waals surface area (Å²) in [5, 5.41) is 31.6. The second-order valence-electron chi connectivity index (χ2n) is 4.66. The molecule has 0 amide bonds. The van der Waals surface area contributed by atoms with Crippen molar-refractivity contribution in [3.8, 4) is 11.5 Å². The van der Waals surface area contributed by atoms with Gasteiger partial charge in [-0.05, 0) is 31.0 Å². The molecule has 0 aliphatic rings. The minimum Gasteiger partial charge on any atom is -0.508 e. The van der Waals surface area contributed by atoms with Crippen LogP contribution in [0, 0.1) is 5.92 Å². The first kappa shape index (κ1) is 13.8. The van der Waals surface area contributed by atoms with Crippen molar-refractivity contribution in [1.82, 2.24) is 5.32 Å². The molecule has 0 aliphatic carbocycles. The number of hydrogen-bond acceptors (Lipinski definition) is 4. The molecule has 0 saturated carbocycles. The highest BCUT2D eigenvalue weighted by atomic mass is 16.3. The number of aliphatic hydroxyl groups is 1. The van der Waals surface area contributed by atoms with Crippen LogP contribution in [0.1, 0.15) is 32.4 Å². The molecule has 2 atom stereocenters. The maximum atomic E-state index is 9.72. The molecule has 4 N–H and O–H groups in total. The molecule has 4 heteroatoms. The summed E-state index contributed by atoms with van der Waals surface area (Å²) in [6.45, 7) is 5.97. The Balaban J connectivity index is 2.81. The van der Waals surface area contributed by atoms with Crippen LogP contribution in [0.2, 0.25) is 0 Å². The average Bonchev–Trinajstić information content (AvgIpc) is 2.28. The Morgan fingerprint density at radius 2 is 1.82 bits per heavy atom. The van der Waals surface area contributed by atoms with Gasteiger partial charge in [-0.1, -0.05) is 13.8 Å². The molecule has 96 valence electrons. The van der Waals surface area contributed by atoms with E-state index in [-0.39, 0.29) is 30.2 Å². The van der Waals surface area contributed by atoms with Gasteiger partial charge in [-0.3, -0.25) is 0 Å². The van der Waals surface area contributed by atoms with Crippen LogP contribution < -0.4 is 5.32 Å². The molecule has 0 saturated heterocycles. The normalized spacial score (nSPS) is 14.9. The first-order valence-electron chi connectivity index (χ1n) is 5.84. The van der Waals surface area contributed by atoms with Crippen LogP contribution in [-0.2, 0) is 0 Å². The Kier molecular flexibility index (Phi) is 4.78. The Bertz CT molecular complexity index is 366. The van der Waals surface area contributed by atoms with Crippen molar-refractivity contribution in [2.75, 3.05) is 6.61 Å². The van der Waals surface area contributed by atoms with Crippen molar-refractivity contribution in [1.29, 1.82) is 0 Å². The third-order valence-corrected chi connectivity index (χ3v) is 2.94. The topological polar surface area (TPSA) is 72.7 Å². The lowest BCUT2D eigenvalue weighted by Gasteiger charge is -2.25. The molecule has 1 rings (SSSR count). The highest BCUT2D eigenvalue weighted by Crippen LogP contribution is 2.28. The molecule has 0 aromatic heterocycles. The number of aromatic hydroxyl groups is 2. The van der Waals surface area contributed by atoms with E-state index in [1.807, 2.05) is 20.8 Å². The van der Waals surface area contributed by atoms with Gasteiger partial charge in [0.15, 0.2) is 0 Å². The molecule has 0 radical (unpaired) electrons. The maximum Gasteiger partial charge on any atom is 0.120 e. The summed E-state index contributed by atoms with van der Waals surface area (Å²) in [5.74, 6) is 0.557. The fraction of sp³-hybridized carbons (Fsp3) is 0.538. The quantitative estimate of drug-likeness (QED) is 0.591. The lowest BCUT2D eigenvalue weighted by atomic mass is 10.0. The summed E-state index contributed by atoms with van der Waals surface area (Å²) in [4.78, 5) is 0. The van der Waals surface area contributed by atoms with Crippen LogP contribution in [0.5, 0.6) is 11.5 Å². The van der Waals surface area contributed by atoms with Gasteiger partial charge < -0.3 is 20.6 Å². The number of hydrogen-bond donors (Lipinski definition) is 4. The molecule has 4 nitrogen and oxygen atoms in total. The molecular formula is C13H21NO3. The standard InChI is InChI=1S/C13H21NO3/c1-8(2)12(7-15)14-9(3)11-6-10(16)4-5-13(11)17/h4-6,8-9,12,14-17H,7H2,1-3H3/t9?,12-/m1/s1. The van der Waals surface area contributed by atoms with E-state index < -0.39 is 0 Å². The number of phenolic OH excluding ortho intramolecular Hbond substituents is 2. The monoisotopic (exact) mass is 239 g/mol. The van der Waals surface area contributed by atoms with E-state index in [1.165, 1.54) is 18.2 Å². The van der Waals surface area contributed by atoms with Gasteiger partial charge in [0, 0.05) is 17.6 Å². The highest BCUT2D eigenvalue weighted by molar-refractivity contribution is 5.40. The molecule has 1 aromatic rings. The van der Waals surface area contributed by atoms with Gasteiger partial charge in [-0.2, -0.15) is 0 Å². The van der Waals surface area contributed by atoms with E-state index >= 15 is 0 Å². The van der Waals surface area contributed by atoms with Crippen molar-refractivity contribution < 1.29 is 15.3 Å². The van der Waals surface area contributed by atoms with E-state index in [0.29, 0.717) is 11.5 Å². The average molecular weight is 239 g/mol. The minimum absolute atomic E-state index is 0.0354. The van der Waals surface area contributed by atoms with Gasteiger partial charge in [0.1, 0.15) is 11.5 Å². The first-order chi connectivity index (χ1) is 7.95. The zero-order chi connectivity index (χ0) is 13.0. The van der Waals surface area contributed by atoms with Crippen LogP contribution in [0.4, 0.5) is 0 Å². The summed E-state index contributed by atoms with van der Waals surface area (Å²) < 4.78 is 0. The smallest absolute Gasteiger partial charge is 0.120 e. The Hall–Kier alpha value is -1.26. The van der Waals surface area contributed by atoms with E-state index in [0.717, 1.165) is 0 Å². The van der Waals surface area contributed by atoms with E-state index in [9.17, 15) is 15.3 Å². The largest absolute Gasteiger partial charge is 0.508 e. The fourth-order valence-corrected chi connectivity index (χ4v) is 1.76. The third-order valence-electron chi connectivity index (χ3n) is 2.94. The summed E-state index contributed by atoms with van der Waals surface area (Å²) in [5.41, 5.74) is 0.629. The van der Waals surface area contributed by atoms with Gasteiger partial charge in [-0.25, -0.2) is 0 Å². The maximum absolute atomic E-state index is 9.72. The SMILES string of the molecule is CC(N[C@H](CO)C(C)C)c1cc(O)ccc1O. The molecule has 0 heterocycles. The zero-order valence-electron chi connectivity index (χ0n) is 10.5. The van der Waals surface area contributed by atoms with Crippen molar-refractivity contribution in [2.45, 2.75) is 32.9 Å². The lowest BCUT2D eigenvalue weighted by molar-refractivity contribution is 0.201. The van der Waals surface area contributed by atoms with Crippen molar-refractivity contribution in [2.24, 2.45) is 5.92 Å². The summed E-state index contributed by atoms with van der Waals surface area (Å²) in [7, 11) is 0. The highest BCUT2D eigenvalue weighted by Gasteiger charge is 2.18. The second kappa shape index (κ2) is 5.89. The van der Waals surface area contributed by atoms with Crippen LogP contribution >= 0.6 is 0 Å². The molecule has 0 aliphatic heterocycles. The number of rotatable bonds is 5. The fourth-order valence-electron chi connectivity index (χ4n) is 1.76. The summed E-state index contributed by atoms with van der Waals surface area (Å²) >= 11 is 0. The zero-order valence-corrected chi connectivity index (χ0v) is 10.5. The predicted octanol–water partition coefficient (Wildman–Crippen LogP) is 1.77. The van der Waals surface area contributed by atoms with Gasteiger partial charge in [0.25, 0.3) is 0 Å². The van der Waals surface area contributed by atoms with Crippen LogP contribution in [0.25, 0.3) is 0 Å². The Morgan fingerprint density at radius 3 is 2.35 bits per heavy atom. The van der Waals surface area contributed by atoms with Crippen molar-refractivity contribution in [3.63, 3.8) is 0 Å². The molecule has 0 spiro atoms. The number of benzene rings is 1. The van der Waals surface area contributed by atoms with E-state index in [2.05, 4.69) is 5.32 Å². The summed E-state index contributed by atoms with van der Waals surface area (Å²) in [6.07, 6.45) is 0. The van der Waals surface area contributed by atoms with Gasteiger partial charge >= 0.3 is 0 Å². The molecule has 1 unspecified atom stereocenters. The minimum atomic E-state index is -0.137. The number of nitrogens with one attached hydrogen (secondary N) is 1. The number of aliphatic hydroxyl groups excluding tert-OH is 1. The van der Waals surface area contributed by atoms with Crippen LogP contribution in [-0.4, -0.2) is 28.0 Å². The molecular weight excluding hydrogens is 218 g/mol. The first-order valence-corrected chi connectivity index (χ1v) is 5.84. The van der Waals surface area contributed by atoms with Crippen molar-refractivity contribution >= 4 is 0 Å². The molecule has 0 bridgehead atoms.